The molecule has 0 radical (unpaired) electrons. The number of methoxy groups -OCH3 is 1. The van der Waals surface area contributed by atoms with Gasteiger partial charge in [-0.15, -0.1) is 6.58 Å². The molecule has 20 heavy (non-hydrogen) atoms. The molecule has 110 valence electrons. The highest BCUT2D eigenvalue weighted by atomic mass is 19.1. The number of hydrogen-bond donors (Lipinski definition) is 1. The molecule has 4 nitrogen and oxygen atoms in total. The Bertz CT molecular complexity index is 457. The Morgan fingerprint density at radius 2 is 2.10 bits per heavy atom. The molecule has 0 spiro atoms. The fourth-order valence-corrected chi connectivity index (χ4v) is 1.82. The topological polar surface area (TPSA) is 55.8 Å². The van der Waals surface area contributed by atoms with E-state index in [1.54, 1.807) is 19.1 Å². The Morgan fingerprint density at radius 3 is 2.55 bits per heavy atom. The predicted molar refractivity (Wildman–Crippen MR) is 73.2 cm³/mol. The molecule has 0 aliphatic heterocycles. The highest BCUT2D eigenvalue weighted by Gasteiger charge is 2.47. The average Bonchev–Trinajstić information content (AvgIpc) is 2.47. The number of halogens is 1. The standard InChI is InChI=1S/C15H19FO4/c1-4-10-15(16,14(18)20-5-2)13(17)11-6-8-12(19-3)9-7-11/h4,6-9,13,17H,1,5,10H2,2-3H3/t13-,15+/m1/s1. The molecule has 0 bridgehead atoms. The van der Waals surface area contributed by atoms with E-state index in [0.29, 0.717) is 5.75 Å². The summed E-state index contributed by atoms with van der Waals surface area (Å²) in [5, 5.41) is 10.2. The van der Waals surface area contributed by atoms with Gasteiger partial charge < -0.3 is 14.6 Å². The highest BCUT2D eigenvalue weighted by Crippen LogP contribution is 2.35. The second kappa shape index (κ2) is 7.05. The third-order valence-electron chi connectivity index (χ3n) is 2.92. The van der Waals surface area contributed by atoms with Gasteiger partial charge in [-0.1, -0.05) is 18.2 Å². The molecule has 0 fully saturated rings. The van der Waals surface area contributed by atoms with Crippen molar-refractivity contribution in [2.75, 3.05) is 13.7 Å². The summed E-state index contributed by atoms with van der Waals surface area (Å²) in [6, 6.07) is 6.16. The Morgan fingerprint density at radius 1 is 1.50 bits per heavy atom. The first kappa shape index (κ1) is 16.2. The summed E-state index contributed by atoms with van der Waals surface area (Å²) in [5.74, 6) is -0.520. The fraction of sp³-hybridized carbons (Fsp3) is 0.400. The molecule has 5 heteroatoms. The lowest BCUT2D eigenvalue weighted by molar-refractivity contribution is -0.166. The van der Waals surface area contributed by atoms with Gasteiger partial charge in [0.25, 0.3) is 0 Å². The van der Waals surface area contributed by atoms with E-state index < -0.39 is 17.7 Å². The lowest BCUT2D eigenvalue weighted by atomic mass is 9.89. The number of benzene rings is 1. The van der Waals surface area contributed by atoms with Crippen LogP contribution < -0.4 is 4.74 Å². The van der Waals surface area contributed by atoms with E-state index in [9.17, 15) is 14.3 Å². The SMILES string of the molecule is C=CC[C@@](F)(C(=O)OCC)[C@H](O)c1ccc(OC)cc1. The molecule has 1 aromatic carbocycles. The van der Waals surface area contributed by atoms with Crippen LogP contribution in [0.15, 0.2) is 36.9 Å². The van der Waals surface area contributed by atoms with E-state index >= 15 is 0 Å². The number of allylic oxidation sites excluding steroid dienone is 1. The van der Waals surface area contributed by atoms with E-state index in [1.165, 1.54) is 25.3 Å². The third kappa shape index (κ3) is 3.36. The van der Waals surface area contributed by atoms with Crippen molar-refractivity contribution in [1.82, 2.24) is 0 Å². The summed E-state index contributed by atoms with van der Waals surface area (Å²) >= 11 is 0. The van der Waals surface area contributed by atoms with Crippen molar-refractivity contribution in [2.24, 2.45) is 0 Å². The largest absolute Gasteiger partial charge is 0.497 e. The first-order valence-electron chi connectivity index (χ1n) is 6.28. The number of hydrogen-bond acceptors (Lipinski definition) is 4. The number of carbonyl (C=O) groups is 1. The van der Waals surface area contributed by atoms with Crippen LogP contribution in [0, 0.1) is 0 Å². The molecule has 0 aliphatic carbocycles. The van der Waals surface area contributed by atoms with E-state index in [0.717, 1.165) is 0 Å². The molecule has 0 saturated heterocycles. The second-order valence-electron chi connectivity index (χ2n) is 4.25. The molecule has 1 aromatic rings. The number of rotatable bonds is 7. The molecular weight excluding hydrogens is 263 g/mol. The summed E-state index contributed by atoms with van der Waals surface area (Å²) in [7, 11) is 1.50. The molecule has 0 unspecified atom stereocenters. The van der Waals surface area contributed by atoms with Gasteiger partial charge >= 0.3 is 5.97 Å². The van der Waals surface area contributed by atoms with Crippen molar-refractivity contribution in [3.05, 3.63) is 42.5 Å². The number of ether oxygens (including phenoxy) is 2. The van der Waals surface area contributed by atoms with Crippen LogP contribution in [0.1, 0.15) is 25.0 Å². The van der Waals surface area contributed by atoms with Crippen LogP contribution >= 0.6 is 0 Å². The van der Waals surface area contributed by atoms with Gasteiger partial charge in [-0.3, -0.25) is 0 Å². The molecule has 0 amide bonds. The van der Waals surface area contributed by atoms with Gasteiger partial charge in [0.2, 0.25) is 5.67 Å². The third-order valence-corrected chi connectivity index (χ3v) is 2.92. The van der Waals surface area contributed by atoms with E-state index in [4.69, 9.17) is 9.47 Å². The van der Waals surface area contributed by atoms with Gasteiger partial charge in [0.05, 0.1) is 13.7 Å². The highest BCUT2D eigenvalue weighted by molar-refractivity contribution is 5.81. The van der Waals surface area contributed by atoms with Crippen LogP contribution in [0.4, 0.5) is 4.39 Å². The zero-order valence-electron chi connectivity index (χ0n) is 11.6. The lowest BCUT2D eigenvalue weighted by Crippen LogP contribution is -2.41. The summed E-state index contributed by atoms with van der Waals surface area (Å²) in [6.45, 7) is 5.03. The van der Waals surface area contributed by atoms with Crippen LogP contribution in [0.25, 0.3) is 0 Å². The summed E-state index contributed by atoms with van der Waals surface area (Å²) < 4.78 is 24.5. The van der Waals surface area contributed by atoms with Crippen LogP contribution in [0.3, 0.4) is 0 Å². The minimum absolute atomic E-state index is 0.0387. The predicted octanol–water partition coefficient (Wildman–Crippen LogP) is 2.58. The van der Waals surface area contributed by atoms with Crippen molar-refractivity contribution >= 4 is 5.97 Å². The van der Waals surface area contributed by atoms with Crippen LogP contribution in [-0.2, 0) is 9.53 Å². The molecule has 0 saturated carbocycles. The number of aliphatic hydroxyl groups is 1. The monoisotopic (exact) mass is 282 g/mol. The van der Waals surface area contributed by atoms with Gasteiger partial charge in [-0.25, -0.2) is 9.18 Å². The lowest BCUT2D eigenvalue weighted by Gasteiger charge is -2.27. The summed E-state index contributed by atoms with van der Waals surface area (Å²) in [4.78, 5) is 11.8. The first-order valence-corrected chi connectivity index (χ1v) is 6.28. The van der Waals surface area contributed by atoms with Gasteiger partial charge in [0.15, 0.2) is 0 Å². The number of esters is 1. The van der Waals surface area contributed by atoms with Crippen LogP contribution in [0.5, 0.6) is 5.75 Å². The maximum Gasteiger partial charge on any atom is 0.347 e. The van der Waals surface area contributed by atoms with E-state index in [2.05, 4.69) is 6.58 Å². The van der Waals surface area contributed by atoms with Gasteiger partial charge in [0.1, 0.15) is 11.9 Å². The molecule has 1 rings (SSSR count). The zero-order valence-corrected chi connectivity index (χ0v) is 11.6. The molecular formula is C15H19FO4. The van der Waals surface area contributed by atoms with Crippen LogP contribution in [0.2, 0.25) is 0 Å². The maximum atomic E-state index is 14.8. The average molecular weight is 282 g/mol. The van der Waals surface area contributed by atoms with Crippen molar-refractivity contribution < 1.29 is 23.8 Å². The molecule has 0 aromatic heterocycles. The van der Waals surface area contributed by atoms with Gasteiger partial charge in [0, 0.05) is 6.42 Å². The number of carbonyl (C=O) groups excluding carboxylic acids is 1. The second-order valence-corrected chi connectivity index (χ2v) is 4.25. The van der Waals surface area contributed by atoms with Crippen LogP contribution in [-0.4, -0.2) is 30.5 Å². The van der Waals surface area contributed by atoms with Crippen molar-refractivity contribution in [1.29, 1.82) is 0 Å². The Labute approximate surface area is 117 Å². The fourth-order valence-electron chi connectivity index (χ4n) is 1.82. The Balaban J connectivity index is 3.05. The summed E-state index contributed by atoms with van der Waals surface area (Å²) in [6.07, 6.45) is -0.728. The molecule has 2 atom stereocenters. The molecule has 1 N–H and O–H groups in total. The van der Waals surface area contributed by atoms with E-state index in [-0.39, 0.29) is 18.6 Å². The van der Waals surface area contributed by atoms with Crippen molar-refractivity contribution in [3.8, 4) is 5.75 Å². The van der Waals surface area contributed by atoms with E-state index in [1.807, 2.05) is 0 Å². The minimum atomic E-state index is -2.55. The Kier molecular flexibility index (Phi) is 5.70. The Hall–Kier alpha value is -1.88. The first-order chi connectivity index (χ1) is 9.49. The smallest absolute Gasteiger partial charge is 0.347 e. The van der Waals surface area contributed by atoms with Gasteiger partial charge in [-0.05, 0) is 24.6 Å². The normalized spacial score (nSPS) is 15.0. The molecule has 0 heterocycles. The van der Waals surface area contributed by atoms with Gasteiger partial charge in [-0.2, -0.15) is 0 Å². The number of aliphatic hydroxyl groups excluding tert-OH is 1. The summed E-state index contributed by atoms with van der Waals surface area (Å²) in [5.41, 5.74) is -2.28. The molecule has 0 aliphatic rings. The van der Waals surface area contributed by atoms with Crippen molar-refractivity contribution in [3.63, 3.8) is 0 Å². The quantitative estimate of drug-likeness (QED) is 0.617. The minimum Gasteiger partial charge on any atom is -0.497 e. The van der Waals surface area contributed by atoms with Crippen molar-refractivity contribution in [2.45, 2.75) is 25.1 Å². The number of alkyl halides is 1. The zero-order chi connectivity index (χ0) is 15.2. The maximum absolute atomic E-state index is 14.8.